The Bertz CT molecular complexity index is 429. The van der Waals surface area contributed by atoms with Crippen LogP contribution in [-0.2, 0) is 0 Å². The van der Waals surface area contributed by atoms with E-state index in [-0.39, 0.29) is 0 Å². The van der Waals surface area contributed by atoms with E-state index in [0.29, 0.717) is 11.4 Å². The Morgan fingerprint density at radius 1 is 1.38 bits per heavy atom. The highest BCUT2D eigenvalue weighted by Crippen LogP contribution is 2.16. The number of aryl methyl sites for hydroxylation is 1. The minimum absolute atomic E-state index is 0.579. The van der Waals surface area contributed by atoms with Crippen LogP contribution in [0.5, 0.6) is 0 Å². The SMILES string of the molecule is C/C=C/CCNc1nnc(C)c(C)c1C#N. The molecule has 1 aromatic rings. The molecule has 1 heterocycles. The molecular weight excluding hydrogens is 200 g/mol. The summed E-state index contributed by atoms with van der Waals surface area (Å²) in [5, 5.41) is 20.2. The molecule has 0 unspecified atom stereocenters. The van der Waals surface area contributed by atoms with Gasteiger partial charge in [0, 0.05) is 6.54 Å². The maximum atomic E-state index is 9.05. The van der Waals surface area contributed by atoms with Crippen LogP contribution in [0.25, 0.3) is 0 Å². The van der Waals surface area contributed by atoms with E-state index in [1.807, 2.05) is 26.8 Å². The van der Waals surface area contributed by atoms with E-state index in [4.69, 9.17) is 5.26 Å². The number of nitriles is 1. The van der Waals surface area contributed by atoms with Gasteiger partial charge in [0.1, 0.15) is 11.6 Å². The van der Waals surface area contributed by atoms with Crippen molar-refractivity contribution >= 4 is 5.82 Å². The molecule has 16 heavy (non-hydrogen) atoms. The first-order valence-electron chi connectivity index (χ1n) is 5.29. The first-order valence-corrected chi connectivity index (χ1v) is 5.29. The van der Waals surface area contributed by atoms with E-state index in [1.165, 1.54) is 0 Å². The van der Waals surface area contributed by atoms with Gasteiger partial charge < -0.3 is 5.32 Å². The normalized spacial score (nSPS) is 10.4. The van der Waals surface area contributed by atoms with Gasteiger partial charge in [-0.1, -0.05) is 12.2 Å². The van der Waals surface area contributed by atoms with Crippen LogP contribution in [0.3, 0.4) is 0 Å². The Balaban J connectivity index is 2.81. The van der Waals surface area contributed by atoms with Crippen LogP contribution < -0.4 is 5.32 Å². The van der Waals surface area contributed by atoms with Gasteiger partial charge in [-0.15, -0.1) is 5.10 Å². The number of nitrogens with zero attached hydrogens (tertiary/aromatic N) is 3. The molecule has 0 spiro atoms. The third-order valence-electron chi connectivity index (χ3n) is 2.41. The van der Waals surface area contributed by atoms with Crippen molar-refractivity contribution in [1.29, 1.82) is 5.26 Å². The maximum Gasteiger partial charge on any atom is 0.166 e. The predicted molar refractivity (Wildman–Crippen MR) is 64.1 cm³/mol. The van der Waals surface area contributed by atoms with Gasteiger partial charge in [-0.25, -0.2) is 0 Å². The van der Waals surface area contributed by atoms with Gasteiger partial charge >= 0.3 is 0 Å². The van der Waals surface area contributed by atoms with Gasteiger partial charge in [0.2, 0.25) is 0 Å². The fourth-order valence-corrected chi connectivity index (χ4v) is 1.31. The second-order valence-electron chi connectivity index (χ2n) is 3.53. The van der Waals surface area contributed by atoms with Gasteiger partial charge in [0.05, 0.1) is 5.69 Å². The standard InChI is InChI=1S/C12H16N4/c1-4-5-6-7-14-12-11(8-13)9(2)10(3)15-16-12/h4-5H,6-7H2,1-3H3,(H,14,16)/b5-4+. The van der Waals surface area contributed by atoms with Crippen LogP contribution in [0.15, 0.2) is 12.2 Å². The number of rotatable bonds is 4. The quantitative estimate of drug-likeness (QED) is 0.620. The maximum absolute atomic E-state index is 9.05. The van der Waals surface area contributed by atoms with Gasteiger partial charge in [0.15, 0.2) is 5.82 Å². The fraction of sp³-hybridized carbons (Fsp3) is 0.417. The summed E-state index contributed by atoms with van der Waals surface area (Å²) in [6.07, 6.45) is 4.97. The van der Waals surface area contributed by atoms with Crippen molar-refractivity contribution in [3.63, 3.8) is 0 Å². The average molecular weight is 216 g/mol. The fourth-order valence-electron chi connectivity index (χ4n) is 1.31. The van der Waals surface area contributed by atoms with E-state index < -0.39 is 0 Å². The number of hydrogen-bond acceptors (Lipinski definition) is 4. The third kappa shape index (κ3) is 2.80. The summed E-state index contributed by atoms with van der Waals surface area (Å²) >= 11 is 0. The molecule has 4 nitrogen and oxygen atoms in total. The van der Waals surface area contributed by atoms with Crippen LogP contribution in [0.1, 0.15) is 30.2 Å². The largest absolute Gasteiger partial charge is 0.367 e. The van der Waals surface area contributed by atoms with Crippen LogP contribution in [0.2, 0.25) is 0 Å². The van der Waals surface area contributed by atoms with E-state index in [9.17, 15) is 0 Å². The zero-order chi connectivity index (χ0) is 12.0. The van der Waals surface area contributed by atoms with Crippen LogP contribution in [0, 0.1) is 25.2 Å². The van der Waals surface area contributed by atoms with Gasteiger partial charge in [-0.05, 0) is 32.8 Å². The van der Waals surface area contributed by atoms with Crippen molar-refractivity contribution in [3.8, 4) is 6.07 Å². The first kappa shape index (κ1) is 12.2. The smallest absolute Gasteiger partial charge is 0.166 e. The zero-order valence-corrected chi connectivity index (χ0v) is 9.91. The summed E-state index contributed by atoms with van der Waals surface area (Å²) < 4.78 is 0. The van der Waals surface area contributed by atoms with Gasteiger partial charge in [-0.3, -0.25) is 0 Å². The molecule has 0 aromatic carbocycles. The Morgan fingerprint density at radius 3 is 2.75 bits per heavy atom. The lowest BCUT2D eigenvalue weighted by Gasteiger charge is -2.08. The molecule has 84 valence electrons. The first-order chi connectivity index (χ1) is 7.70. The average Bonchev–Trinajstić information content (AvgIpc) is 2.29. The molecule has 0 aliphatic rings. The molecule has 4 heteroatoms. The van der Waals surface area contributed by atoms with Crippen molar-refractivity contribution in [2.75, 3.05) is 11.9 Å². The minimum Gasteiger partial charge on any atom is -0.367 e. The zero-order valence-electron chi connectivity index (χ0n) is 9.91. The van der Waals surface area contributed by atoms with Crippen molar-refractivity contribution in [1.82, 2.24) is 10.2 Å². The topological polar surface area (TPSA) is 61.6 Å². The van der Waals surface area contributed by atoms with E-state index in [0.717, 1.165) is 24.2 Å². The van der Waals surface area contributed by atoms with Crippen LogP contribution >= 0.6 is 0 Å². The molecule has 0 saturated heterocycles. The second kappa shape index (κ2) is 5.86. The van der Waals surface area contributed by atoms with Gasteiger partial charge in [-0.2, -0.15) is 10.4 Å². The minimum atomic E-state index is 0.579. The molecule has 0 saturated carbocycles. The summed E-state index contributed by atoms with van der Waals surface area (Å²) in [5.74, 6) is 0.579. The summed E-state index contributed by atoms with van der Waals surface area (Å²) in [5.41, 5.74) is 2.29. The van der Waals surface area contributed by atoms with Crippen molar-refractivity contribution in [2.45, 2.75) is 27.2 Å². The van der Waals surface area contributed by atoms with E-state index >= 15 is 0 Å². The summed E-state index contributed by atoms with van der Waals surface area (Å²) in [6.45, 7) is 6.49. The van der Waals surface area contributed by atoms with Crippen molar-refractivity contribution in [2.24, 2.45) is 0 Å². The third-order valence-corrected chi connectivity index (χ3v) is 2.41. The van der Waals surface area contributed by atoms with Crippen molar-refractivity contribution < 1.29 is 0 Å². The highest BCUT2D eigenvalue weighted by molar-refractivity contribution is 5.55. The number of nitrogens with one attached hydrogen (secondary N) is 1. The number of anilines is 1. The summed E-state index contributed by atoms with van der Waals surface area (Å²) in [7, 11) is 0. The molecule has 1 aromatic heterocycles. The summed E-state index contributed by atoms with van der Waals surface area (Å²) in [6, 6.07) is 2.16. The van der Waals surface area contributed by atoms with Crippen molar-refractivity contribution in [3.05, 3.63) is 29.0 Å². The van der Waals surface area contributed by atoms with Crippen LogP contribution in [0.4, 0.5) is 5.82 Å². The molecule has 0 atom stereocenters. The Hall–Kier alpha value is -1.89. The second-order valence-corrected chi connectivity index (χ2v) is 3.53. The molecule has 1 rings (SSSR count). The lowest BCUT2D eigenvalue weighted by atomic mass is 10.1. The van der Waals surface area contributed by atoms with Gasteiger partial charge in [0.25, 0.3) is 0 Å². The predicted octanol–water partition coefficient (Wildman–Crippen LogP) is 2.34. The Labute approximate surface area is 96.0 Å². The number of hydrogen-bond donors (Lipinski definition) is 1. The lowest BCUT2D eigenvalue weighted by Crippen LogP contribution is -2.08. The lowest BCUT2D eigenvalue weighted by molar-refractivity contribution is 0.935. The van der Waals surface area contributed by atoms with Crippen LogP contribution in [-0.4, -0.2) is 16.7 Å². The summed E-state index contributed by atoms with van der Waals surface area (Å²) in [4.78, 5) is 0. The molecule has 0 bridgehead atoms. The molecule has 0 fully saturated rings. The molecule has 1 N–H and O–H groups in total. The number of allylic oxidation sites excluding steroid dienone is 1. The highest BCUT2D eigenvalue weighted by atomic mass is 15.2. The monoisotopic (exact) mass is 216 g/mol. The van der Waals surface area contributed by atoms with E-state index in [2.05, 4.69) is 27.7 Å². The molecule has 0 amide bonds. The Kier molecular flexibility index (Phi) is 4.46. The number of aromatic nitrogens is 2. The molecule has 0 aliphatic heterocycles. The highest BCUT2D eigenvalue weighted by Gasteiger charge is 2.09. The van der Waals surface area contributed by atoms with E-state index in [1.54, 1.807) is 0 Å². The Morgan fingerprint density at radius 2 is 2.12 bits per heavy atom. The molecule has 0 aliphatic carbocycles. The molecule has 0 radical (unpaired) electrons. The molecular formula is C12H16N4.